The van der Waals surface area contributed by atoms with Gasteiger partial charge in [0.05, 0.1) is 18.8 Å². The number of thioether (sulfide) groups is 1. The Morgan fingerprint density at radius 1 is 1.53 bits per heavy atom. The fraction of sp³-hybridized carbons (Fsp3) is 0.917. The molecule has 114 valence electrons. The van der Waals surface area contributed by atoms with Crippen LogP contribution in [0.1, 0.15) is 6.42 Å². The molecule has 7 heteroatoms. The Kier molecular flexibility index (Phi) is 11.3. The maximum Gasteiger partial charge on any atom is 0.236 e. The highest BCUT2D eigenvalue weighted by atomic mass is 32.2. The van der Waals surface area contributed by atoms with Gasteiger partial charge in [0.1, 0.15) is 0 Å². The third-order valence-electron chi connectivity index (χ3n) is 2.44. The summed E-state index contributed by atoms with van der Waals surface area (Å²) in [7, 11) is 5.46. The largest absolute Gasteiger partial charge is 0.390 e. The van der Waals surface area contributed by atoms with E-state index in [1.54, 1.807) is 18.9 Å². The molecule has 0 spiro atoms. The van der Waals surface area contributed by atoms with E-state index in [0.717, 1.165) is 12.3 Å². The van der Waals surface area contributed by atoms with Crippen molar-refractivity contribution in [3.05, 3.63) is 0 Å². The third-order valence-corrected chi connectivity index (χ3v) is 3.58. The van der Waals surface area contributed by atoms with E-state index >= 15 is 0 Å². The average molecular weight is 293 g/mol. The van der Waals surface area contributed by atoms with E-state index in [1.165, 1.54) is 0 Å². The van der Waals surface area contributed by atoms with Crippen LogP contribution in [-0.4, -0.2) is 80.5 Å². The molecule has 0 aromatic carbocycles. The molecule has 0 aromatic rings. The van der Waals surface area contributed by atoms with Crippen LogP contribution in [0.4, 0.5) is 0 Å². The van der Waals surface area contributed by atoms with Gasteiger partial charge in [0.15, 0.2) is 0 Å². The zero-order chi connectivity index (χ0) is 14.7. The predicted octanol–water partition coefficient (Wildman–Crippen LogP) is -0.878. The second-order valence-electron chi connectivity index (χ2n) is 4.67. The normalized spacial score (nSPS) is 14.4. The molecule has 0 bridgehead atoms. The molecule has 0 aliphatic carbocycles. The number of hydrogen-bond donors (Lipinski definition) is 3. The van der Waals surface area contributed by atoms with Crippen molar-refractivity contribution in [2.45, 2.75) is 18.6 Å². The molecule has 6 nitrogen and oxygen atoms in total. The average Bonchev–Trinajstić information content (AvgIpc) is 2.34. The first-order valence-corrected chi connectivity index (χ1v) is 7.55. The number of carbonyl (C=O) groups excluding carboxylic acids is 1. The fourth-order valence-corrected chi connectivity index (χ4v) is 2.29. The van der Waals surface area contributed by atoms with Gasteiger partial charge in [-0.2, -0.15) is 11.8 Å². The molecule has 0 heterocycles. The summed E-state index contributed by atoms with van der Waals surface area (Å²) in [5.41, 5.74) is 5.78. The van der Waals surface area contributed by atoms with E-state index in [4.69, 9.17) is 10.5 Å². The van der Waals surface area contributed by atoms with Gasteiger partial charge in [0.25, 0.3) is 0 Å². The highest BCUT2D eigenvalue weighted by Crippen LogP contribution is 2.06. The van der Waals surface area contributed by atoms with Gasteiger partial charge in [-0.3, -0.25) is 4.79 Å². The first-order chi connectivity index (χ1) is 8.97. The van der Waals surface area contributed by atoms with Crippen LogP contribution in [0.2, 0.25) is 0 Å². The molecule has 0 aliphatic heterocycles. The molecule has 0 saturated carbocycles. The SMILES string of the molecule is COCC(O)CSCCC(N)C(=O)NCCN(C)C. The maximum absolute atomic E-state index is 11.6. The Bertz CT molecular complexity index is 242. The molecular weight excluding hydrogens is 266 g/mol. The van der Waals surface area contributed by atoms with Crippen LogP contribution < -0.4 is 11.1 Å². The number of ether oxygens (including phenoxy) is 1. The fourth-order valence-electron chi connectivity index (χ4n) is 1.34. The van der Waals surface area contributed by atoms with E-state index in [9.17, 15) is 9.90 Å². The Morgan fingerprint density at radius 2 is 2.21 bits per heavy atom. The molecule has 0 aliphatic rings. The minimum Gasteiger partial charge on any atom is -0.390 e. The summed E-state index contributed by atoms with van der Waals surface area (Å²) in [6.07, 6.45) is 0.151. The summed E-state index contributed by atoms with van der Waals surface area (Å²) in [5.74, 6) is 1.24. The highest BCUT2D eigenvalue weighted by Gasteiger charge is 2.13. The van der Waals surface area contributed by atoms with Crippen LogP contribution in [-0.2, 0) is 9.53 Å². The van der Waals surface area contributed by atoms with Gasteiger partial charge in [0, 0.05) is 26.0 Å². The van der Waals surface area contributed by atoms with Gasteiger partial charge in [0.2, 0.25) is 5.91 Å². The molecule has 0 saturated heterocycles. The van der Waals surface area contributed by atoms with Crippen molar-refractivity contribution in [1.82, 2.24) is 10.2 Å². The second-order valence-corrected chi connectivity index (χ2v) is 5.82. The van der Waals surface area contributed by atoms with Gasteiger partial charge in [-0.15, -0.1) is 0 Å². The number of methoxy groups -OCH3 is 1. The van der Waals surface area contributed by atoms with Crippen molar-refractivity contribution in [1.29, 1.82) is 0 Å². The van der Waals surface area contributed by atoms with Gasteiger partial charge in [-0.05, 0) is 26.3 Å². The summed E-state index contributed by atoms with van der Waals surface area (Å²) in [6.45, 7) is 1.75. The third kappa shape index (κ3) is 11.2. The number of hydrogen-bond acceptors (Lipinski definition) is 6. The molecule has 0 radical (unpaired) electrons. The van der Waals surface area contributed by atoms with Crippen molar-refractivity contribution < 1.29 is 14.6 Å². The van der Waals surface area contributed by atoms with Crippen LogP contribution in [0, 0.1) is 0 Å². The summed E-state index contributed by atoms with van der Waals surface area (Å²) >= 11 is 1.58. The second kappa shape index (κ2) is 11.5. The van der Waals surface area contributed by atoms with E-state index < -0.39 is 12.1 Å². The highest BCUT2D eigenvalue weighted by molar-refractivity contribution is 7.99. The van der Waals surface area contributed by atoms with Crippen molar-refractivity contribution in [3.63, 3.8) is 0 Å². The predicted molar refractivity (Wildman–Crippen MR) is 79.4 cm³/mol. The van der Waals surface area contributed by atoms with E-state index in [-0.39, 0.29) is 5.91 Å². The van der Waals surface area contributed by atoms with Gasteiger partial charge < -0.3 is 25.8 Å². The molecule has 2 atom stereocenters. The maximum atomic E-state index is 11.6. The molecule has 4 N–H and O–H groups in total. The molecular formula is C12H27N3O3S. The zero-order valence-electron chi connectivity index (χ0n) is 12.1. The number of likely N-dealkylation sites (N-methyl/N-ethyl adjacent to an activating group) is 1. The standard InChI is InChI=1S/C12H27N3O3S/c1-15(2)6-5-14-12(17)11(13)4-7-19-9-10(16)8-18-3/h10-11,16H,4-9,13H2,1-3H3,(H,14,17). The number of carbonyl (C=O) groups is 1. The molecule has 0 aromatic heterocycles. The minimum absolute atomic E-state index is 0.111. The molecule has 19 heavy (non-hydrogen) atoms. The number of amides is 1. The Labute approximate surface area is 120 Å². The first kappa shape index (κ1) is 18.7. The van der Waals surface area contributed by atoms with Crippen LogP contribution in [0.15, 0.2) is 0 Å². The lowest BCUT2D eigenvalue weighted by Gasteiger charge is -2.14. The molecule has 1 amide bonds. The molecule has 0 rings (SSSR count). The summed E-state index contributed by atoms with van der Waals surface area (Å²) in [5, 5.41) is 12.2. The number of rotatable bonds is 11. The van der Waals surface area contributed by atoms with E-state index in [0.29, 0.717) is 25.3 Å². The number of aliphatic hydroxyl groups is 1. The first-order valence-electron chi connectivity index (χ1n) is 6.40. The lowest BCUT2D eigenvalue weighted by Crippen LogP contribution is -2.43. The van der Waals surface area contributed by atoms with Crippen LogP contribution in [0.5, 0.6) is 0 Å². The monoisotopic (exact) mass is 293 g/mol. The van der Waals surface area contributed by atoms with Crippen LogP contribution in [0.25, 0.3) is 0 Å². The number of aliphatic hydroxyl groups excluding tert-OH is 1. The van der Waals surface area contributed by atoms with E-state index in [1.807, 2.05) is 19.0 Å². The van der Waals surface area contributed by atoms with Crippen molar-refractivity contribution in [3.8, 4) is 0 Å². The van der Waals surface area contributed by atoms with Crippen LogP contribution >= 0.6 is 11.8 Å². The zero-order valence-corrected chi connectivity index (χ0v) is 12.9. The number of nitrogens with zero attached hydrogens (tertiary/aromatic N) is 1. The smallest absolute Gasteiger partial charge is 0.236 e. The lowest BCUT2D eigenvalue weighted by atomic mass is 10.2. The molecule has 2 unspecified atom stereocenters. The van der Waals surface area contributed by atoms with Gasteiger partial charge in [-0.1, -0.05) is 0 Å². The van der Waals surface area contributed by atoms with Gasteiger partial charge in [-0.25, -0.2) is 0 Å². The topological polar surface area (TPSA) is 87.8 Å². The van der Waals surface area contributed by atoms with Crippen molar-refractivity contribution >= 4 is 17.7 Å². The number of nitrogens with two attached hydrogens (primary N) is 1. The van der Waals surface area contributed by atoms with Crippen molar-refractivity contribution in [2.75, 3.05) is 52.4 Å². The lowest BCUT2D eigenvalue weighted by molar-refractivity contribution is -0.122. The number of nitrogens with one attached hydrogen (secondary N) is 1. The minimum atomic E-state index is -0.478. The Balaban J connectivity index is 3.56. The van der Waals surface area contributed by atoms with Crippen molar-refractivity contribution in [2.24, 2.45) is 5.73 Å². The Morgan fingerprint density at radius 3 is 2.79 bits per heavy atom. The Hall–Kier alpha value is -0.340. The summed E-state index contributed by atoms with van der Waals surface area (Å²) in [6, 6.07) is -0.478. The van der Waals surface area contributed by atoms with E-state index in [2.05, 4.69) is 5.32 Å². The van der Waals surface area contributed by atoms with Gasteiger partial charge >= 0.3 is 0 Å². The summed E-state index contributed by atoms with van der Waals surface area (Å²) in [4.78, 5) is 13.6. The molecule has 0 fully saturated rings. The van der Waals surface area contributed by atoms with Crippen LogP contribution in [0.3, 0.4) is 0 Å². The quantitative estimate of drug-likeness (QED) is 0.429. The summed E-state index contributed by atoms with van der Waals surface area (Å²) < 4.78 is 4.83.